The summed E-state index contributed by atoms with van der Waals surface area (Å²) in [5, 5.41) is 1.08. The molecule has 0 fully saturated rings. The molecular formula is C16H9BrN2O. The Morgan fingerprint density at radius 1 is 0.950 bits per heavy atom. The summed E-state index contributed by atoms with van der Waals surface area (Å²) >= 11 is 3.44. The minimum Gasteiger partial charge on any atom is -0.436 e. The highest BCUT2D eigenvalue weighted by molar-refractivity contribution is 9.10. The van der Waals surface area contributed by atoms with Gasteiger partial charge in [0.15, 0.2) is 5.58 Å². The average Bonchev–Trinajstić information content (AvgIpc) is 2.89. The number of pyridine rings is 1. The molecule has 4 rings (SSSR count). The number of hydrogen-bond acceptors (Lipinski definition) is 3. The number of rotatable bonds is 1. The molecule has 2 aromatic carbocycles. The molecule has 0 unspecified atom stereocenters. The maximum absolute atomic E-state index is 5.81. The lowest BCUT2D eigenvalue weighted by Crippen LogP contribution is -1.80. The zero-order chi connectivity index (χ0) is 13.5. The third-order valence-electron chi connectivity index (χ3n) is 3.20. The fourth-order valence-electron chi connectivity index (χ4n) is 2.23. The third kappa shape index (κ3) is 1.89. The van der Waals surface area contributed by atoms with Crippen LogP contribution in [0.1, 0.15) is 0 Å². The standard InChI is InChI=1S/C16H9BrN2O/c17-12-4-6-15-14(9-12)19-16(20-15)11-3-5-13-10(8-11)2-1-7-18-13/h1-9H. The predicted molar refractivity (Wildman–Crippen MR) is 82.4 cm³/mol. The summed E-state index contributed by atoms with van der Waals surface area (Å²) in [6.07, 6.45) is 1.79. The second-order valence-electron chi connectivity index (χ2n) is 4.54. The molecule has 4 heteroatoms. The number of nitrogens with zero attached hydrogens (tertiary/aromatic N) is 2. The van der Waals surface area contributed by atoms with Gasteiger partial charge in [-0.15, -0.1) is 0 Å². The second-order valence-corrected chi connectivity index (χ2v) is 5.46. The normalized spacial score (nSPS) is 11.2. The number of benzene rings is 2. The van der Waals surface area contributed by atoms with Crippen molar-refractivity contribution in [2.24, 2.45) is 0 Å². The van der Waals surface area contributed by atoms with Crippen molar-refractivity contribution in [2.45, 2.75) is 0 Å². The molecule has 0 saturated heterocycles. The number of oxazole rings is 1. The van der Waals surface area contributed by atoms with Crippen LogP contribution >= 0.6 is 15.9 Å². The minimum atomic E-state index is 0.629. The van der Waals surface area contributed by atoms with Gasteiger partial charge in [-0.2, -0.15) is 0 Å². The van der Waals surface area contributed by atoms with Crippen LogP contribution in [-0.4, -0.2) is 9.97 Å². The van der Waals surface area contributed by atoms with Crippen molar-refractivity contribution in [2.75, 3.05) is 0 Å². The van der Waals surface area contributed by atoms with Gasteiger partial charge in [0.1, 0.15) is 5.52 Å². The van der Waals surface area contributed by atoms with Gasteiger partial charge >= 0.3 is 0 Å². The fourth-order valence-corrected chi connectivity index (χ4v) is 2.58. The summed E-state index contributed by atoms with van der Waals surface area (Å²) in [5.74, 6) is 0.629. The van der Waals surface area contributed by atoms with E-state index in [0.29, 0.717) is 5.89 Å². The Bertz CT molecular complexity index is 930. The van der Waals surface area contributed by atoms with Crippen molar-refractivity contribution in [3.8, 4) is 11.5 Å². The number of fused-ring (bicyclic) bond motifs is 2. The lowest BCUT2D eigenvalue weighted by Gasteiger charge is -1.98. The number of aromatic nitrogens is 2. The predicted octanol–water partition coefficient (Wildman–Crippen LogP) is 4.81. The molecule has 0 aliphatic heterocycles. The van der Waals surface area contributed by atoms with Gasteiger partial charge in [-0.1, -0.05) is 22.0 Å². The van der Waals surface area contributed by atoms with Crippen LogP contribution in [0.2, 0.25) is 0 Å². The first-order chi connectivity index (χ1) is 9.79. The Labute approximate surface area is 123 Å². The SMILES string of the molecule is Brc1ccc2oc(-c3ccc4ncccc4c3)nc2c1. The quantitative estimate of drug-likeness (QED) is 0.504. The summed E-state index contributed by atoms with van der Waals surface area (Å²) in [7, 11) is 0. The molecule has 0 atom stereocenters. The first-order valence-corrected chi connectivity index (χ1v) is 7.00. The van der Waals surface area contributed by atoms with E-state index in [0.717, 1.165) is 32.0 Å². The molecule has 0 spiro atoms. The molecule has 20 heavy (non-hydrogen) atoms. The molecule has 3 nitrogen and oxygen atoms in total. The zero-order valence-corrected chi connectivity index (χ0v) is 12.0. The van der Waals surface area contributed by atoms with E-state index in [1.54, 1.807) is 6.20 Å². The Morgan fingerprint density at radius 2 is 1.90 bits per heavy atom. The van der Waals surface area contributed by atoms with Crippen molar-refractivity contribution >= 4 is 37.9 Å². The Kier molecular flexibility index (Phi) is 2.57. The molecule has 96 valence electrons. The largest absolute Gasteiger partial charge is 0.436 e. The van der Waals surface area contributed by atoms with Gasteiger partial charge in [-0.25, -0.2) is 4.98 Å². The number of hydrogen-bond donors (Lipinski definition) is 0. The van der Waals surface area contributed by atoms with Gasteiger partial charge in [-0.05, 0) is 42.5 Å². The van der Waals surface area contributed by atoms with Crippen LogP contribution in [0.25, 0.3) is 33.5 Å². The Morgan fingerprint density at radius 3 is 2.85 bits per heavy atom. The van der Waals surface area contributed by atoms with Crippen molar-refractivity contribution < 1.29 is 4.42 Å². The van der Waals surface area contributed by atoms with E-state index in [2.05, 4.69) is 25.9 Å². The van der Waals surface area contributed by atoms with Crippen LogP contribution in [0, 0.1) is 0 Å². The highest BCUT2D eigenvalue weighted by atomic mass is 79.9. The summed E-state index contributed by atoms with van der Waals surface area (Å²) < 4.78 is 6.80. The zero-order valence-electron chi connectivity index (χ0n) is 10.4. The minimum absolute atomic E-state index is 0.629. The second kappa shape index (κ2) is 4.42. The molecule has 0 aliphatic rings. The van der Waals surface area contributed by atoms with Crippen molar-refractivity contribution in [1.82, 2.24) is 9.97 Å². The molecule has 0 saturated carbocycles. The highest BCUT2D eigenvalue weighted by Crippen LogP contribution is 2.28. The van der Waals surface area contributed by atoms with Crippen LogP contribution in [0.5, 0.6) is 0 Å². The smallest absolute Gasteiger partial charge is 0.227 e. The maximum atomic E-state index is 5.81. The van der Waals surface area contributed by atoms with Crippen LogP contribution in [0.15, 0.2) is 63.6 Å². The van der Waals surface area contributed by atoms with Gasteiger partial charge in [0.05, 0.1) is 5.52 Å². The van der Waals surface area contributed by atoms with E-state index in [-0.39, 0.29) is 0 Å². The lowest BCUT2D eigenvalue weighted by atomic mass is 10.1. The molecule has 0 amide bonds. The fraction of sp³-hybridized carbons (Fsp3) is 0. The topological polar surface area (TPSA) is 38.9 Å². The van der Waals surface area contributed by atoms with Crippen LogP contribution in [0.3, 0.4) is 0 Å². The van der Waals surface area contributed by atoms with Crippen LogP contribution in [-0.2, 0) is 0 Å². The third-order valence-corrected chi connectivity index (χ3v) is 3.69. The van der Waals surface area contributed by atoms with Gasteiger partial charge < -0.3 is 4.42 Å². The van der Waals surface area contributed by atoms with Crippen molar-refractivity contribution in [3.63, 3.8) is 0 Å². The van der Waals surface area contributed by atoms with E-state index in [4.69, 9.17) is 4.42 Å². The molecule has 2 aromatic heterocycles. The maximum Gasteiger partial charge on any atom is 0.227 e. The van der Waals surface area contributed by atoms with Crippen LogP contribution < -0.4 is 0 Å². The summed E-state index contributed by atoms with van der Waals surface area (Å²) in [5.41, 5.74) is 3.56. The van der Waals surface area contributed by atoms with Gasteiger partial charge in [-0.3, -0.25) is 4.98 Å². The first kappa shape index (κ1) is 11.6. The highest BCUT2D eigenvalue weighted by Gasteiger charge is 2.09. The molecule has 0 radical (unpaired) electrons. The summed E-state index contributed by atoms with van der Waals surface area (Å²) in [6, 6.07) is 15.8. The van der Waals surface area contributed by atoms with Crippen molar-refractivity contribution in [1.29, 1.82) is 0 Å². The Hall–Kier alpha value is -2.20. The molecule has 0 aliphatic carbocycles. The van der Waals surface area contributed by atoms with E-state index >= 15 is 0 Å². The molecular weight excluding hydrogens is 316 g/mol. The molecule has 0 bridgehead atoms. The number of halogens is 1. The van der Waals surface area contributed by atoms with E-state index in [1.807, 2.05) is 48.5 Å². The first-order valence-electron chi connectivity index (χ1n) is 6.21. The van der Waals surface area contributed by atoms with E-state index < -0.39 is 0 Å². The molecule has 0 N–H and O–H groups in total. The molecule has 4 aromatic rings. The van der Waals surface area contributed by atoms with Crippen molar-refractivity contribution in [3.05, 3.63) is 59.2 Å². The van der Waals surface area contributed by atoms with Gasteiger partial charge in [0.2, 0.25) is 5.89 Å². The monoisotopic (exact) mass is 324 g/mol. The van der Waals surface area contributed by atoms with E-state index in [1.165, 1.54) is 0 Å². The summed E-state index contributed by atoms with van der Waals surface area (Å²) in [4.78, 5) is 8.85. The lowest BCUT2D eigenvalue weighted by molar-refractivity contribution is 0.620. The van der Waals surface area contributed by atoms with E-state index in [9.17, 15) is 0 Å². The summed E-state index contributed by atoms with van der Waals surface area (Å²) in [6.45, 7) is 0. The van der Waals surface area contributed by atoms with Gasteiger partial charge in [0.25, 0.3) is 0 Å². The van der Waals surface area contributed by atoms with Crippen LogP contribution in [0.4, 0.5) is 0 Å². The average molecular weight is 325 g/mol. The van der Waals surface area contributed by atoms with Gasteiger partial charge in [0, 0.05) is 21.6 Å². The Balaban J connectivity index is 1.91. The molecule has 2 heterocycles.